The smallest absolute Gasteiger partial charge is 0.131 e. The van der Waals surface area contributed by atoms with Crippen LogP contribution in [0, 0.1) is 5.92 Å². The Hall–Kier alpha value is -1.46. The summed E-state index contributed by atoms with van der Waals surface area (Å²) in [5.74, 6) is 2.49. The maximum atomic E-state index is 6.46. The summed E-state index contributed by atoms with van der Waals surface area (Å²) >= 11 is 0. The number of hydrogen-bond donors (Lipinski definition) is 1. The quantitative estimate of drug-likeness (QED) is 0.896. The fourth-order valence-corrected chi connectivity index (χ4v) is 2.67. The molecule has 112 valence electrons. The van der Waals surface area contributed by atoms with Crippen LogP contribution in [0.2, 0.25) is 0 Å². The average Bonchev–Trinajstić information content (AvgIpc) is 2.53. The fourth-order valence-electron chi connectivity index (χ4n) is 2.67. The lowest BCUT2D eigenvalue weighted by Crippen LogP contribution is -2.28. The normalized spacial score (nSPS) is 17.6. The molecule has 20 heavy (non-hydrogen) atoms. The van der Waals surface area contributed by atoms with Gasteiger partial charge in [-0.1, -0.05) is 0 Å². The Morgan fingerprint density at radius 3 is 2.05 bits per heavy atom. The molecule has 5 heteroatoms. The molecule has 1 aliphatic heterocycles. The van der Waals surface area contributed by atoms with Crippen LogP contribution in [0.1, 0.15) is 24.4 Å². The Labute approximate surface area is 120 Å². The third-order valence-corrected chi connectivity index (χ3v) is 3.86. The molecule has 0 saturated carbocycles. The van der Waals surface area contributed by atoms with E-state index in [1.165, 1.54) is 0 Å². The zero-order valence-corrected chi connectivity index (χ0v) is 12.3. The van der Waals surface area contributed by atoms with Gasteiger partial charge in [0.1, 0.15) is 17.2 Å². The summed E-state index contributed by atoms with van der Waals surface area (Å²) in [7, 11) is 4.88. The molecule has 0 spiro atoms. The Morgan fingerprint density at radius 2 is 1.60 bits per heavy atom. The first-order chi connectivity index (χ1) is 9.71. The summed E-state index contributed by atoms with van der Waals surface area (Å²) in [6.45, 7) is 1.53. The second-order valence-electron chi connectivity index (χ2n) is 4.92. The summed E-state index contributed by atoms with van der Waals surface area (Å²) in [5.41, 5.74) is 7.36. The van der Waals surface area contributed by atoms with Gasteiger partial charge >= 0.3 is 0 Å². The van der Waals surface area contributed by atoms with Gasteiger partial charge in [0.15, 0.2) is 0 Å². The Kier molecular flexibility index (Phi) is 5.09. The molecule has 0 aliphatic carbocycles. The minimum absolute atomic E-state index is 0.130. The Morgan fingerprint density at radius 1 is 1.05 bits per heavy atom. The topological polar surface area (TPSA) is 62.9 Å². The van der Waals surface area contributed by atoms with E-state index in [-0.39, 0.29) is 6.04 Å². The van der Waals surface area contributed by atoms with E-state index in [0.717, 1.165) is 31.6 Å². The highest BCUT2D eigenvalue weighted by Gasteiger charge is 2.28. The fraction of sp³-hybridized carbons (Fsp3) is 0.600. The second kappa shape index (κ2) is 6.81. The van der Waals surface area contributed by atoms with E-state index in [4.69, 9.17) is 24.7 Å². The zero-order valence-electron chi connectivity index (χ0n) is 12.3. The third kappa shape index (κ3) is 2.99. The van der Waals surface area contributed by atoms with Gasteiger partial charge in [-0.15, -0.1) is 0 Å². The van der Waals surface area contributed by atoms with E-state index in [9.17, 15) is 0 Å². The summed E-state index contributed by atoms with van der Waals surface area (Å²) < 4.78 is 21.6. The van der Waals surface area contributed by atoms with Crippen LogP contribution in [0.3, 0.4) is 0 Å². The second-order valence-corrected chi connectivity index (χ2v) is 4.92. The first kappa shape index (κ1) is 14.9. The van der Waals surface area contributed by atoms with Crippen LogP contribution in [0.15, 0.2) is 12.1 Å². The Balaban J connectivity index is 2.36. The predicted molar refractivity (Wildman–Crippen MR) is 76.6 cm³/mol. The van der Waals surface area contributed by atoms with Crippen LogP contribution in [0.5, 0.6) is 17.2 Å². The number of benzene rings is 1. The van der Waals surface area contributed by atoms with Gasteiger partial charge < -0.3 is 24.7 Å². The van der Waals surface area contributed by atoms with Crippen molar-refractivity contribution in [1.82, 2.24) is 0 Å². The van der Waals surface area contributed by atoms with Crippen LogP contribution in [0.4, 0.5) is 0 Å². The molecule has 1 aromatic carbocycles. The lowest BCUT2D eigenvalue weighted by molar-refractivity contribution is 0.0578. The predicted octanol–water partition coefficient (Wildman–Crippen LogP) is 2.14. The molecule has 1 aliphatic rings. The standard InChI is InChI=1S/C15H23NO4/c1-17-11-8-12(18-2)14(13(9-11)19-3)15(16)10-4-6-20-7-5-10/h8-10,15H,4-7,16H2,1-3H3. The molecule has 2 N–H and O–H groups in total. The largest absolute Gasteiger partial charge is 0.496 e. The molecule has 0 bridgehead atoms. The highest BCUT2D eigenvalue weighted by Crippen LogP contribution is 2.41. The molecule has 0 amide bonds. The van der Waals surface area contributed by atoms with Gasteiger partial charge in [0.2, 0.25) is 0 Å². The first-order valence-electron chi connectivity index (χ1n) is 6.84. The molecule has 5 nitrogen and oxygen atoms in total. The van der Waals surface area contributed by atoms with Crippen molar-refractivity contribution >= 4 is 0 Å². The summed E-state index contributed by atoms with van der Waals surface area (Å²) in [5, 5.41) is 0. The molecular weight excluding hydrogens is 258 g/mol. The van der Waals surface area contributed by atoms with Crippen molar-refractivity contribution < 1.29 is 18.9 Å². The van der Waals surface area contributed by atoms with Crippen LogP contribution >= 0.6 is 0 Å². The summed E-state index contributed by atoms with van der Waals surface area (Å²) in [6, 6.07) is 3.56. The van der Waals surface area contributed by atoms with Crippen molar-refractivity contribution in [1.29, 1.82) is 0 Å². The molecule has 0 aromatic heterocycles. The molecule has 1 unspecified atom stereocenters. The maximum absolute atomic E-state index is 6.46. The van der Waals surface area contributed by atoms with Crippen LogP contribution < -0.4 is 19.9 Å². The van der Waals surface area contributed by atoms with E-state index >= 15 is 0 Å². The molecule has 1 aromatic rings. The van der Waals surface area contributed by atoms with Gasteiger partial charge in [0, 0.05) is 31.4 Å². The molecule has 0 radical (unpaired) electrons. The van der Waals surface area contributed by atoms with Crippen molar-refractivity contribution in [3.8, 4) is 17.2 Å². The first-order valence-corrected chi connectivity index (χ1v) is 6.84. The lowest BCUT2D eigenvalue weighted by Gasteiger charge is -2.29. The molecule has 1 heterocycles. The third-order valence-electron chi connectivity index (χ3n) is 3.86. The average molecular weight is 281 g/mol. The number of nitrogens with two attached hydrogens (primary N) is 1. The van der Waals surface area contributed by atoms with E-state index in [0.29, 0.717) is 23.2 Å². The minimum Gasteiger partial charge on any atom is -0.496 e. The van der Waals surface area contributed by atoms with Gasteiger partial charge in [-0.05, 0) is 18.8 Å². The zero-order chi connectivity index (χ0) is 14.5. The highest BCUT2D eigenvalue weighted by atomic mass is 16.5. The highest BCUT2D eigenvalue weighted by molar-refractivity contribution is 5.52. The summed E-state index contributed by atoms with van der Waals surface area (Å²) in [4.78, 5) is 0. The van der Waals surface area contributed by atoms with Gasteiger partial charge in [0.25, 0.3) is 0 Å². The summed E-state index contributed by atoms with van der Waals surface area (Å²) in [6.07, 6.45) is 1.92. The van der Waals surface area contributed by atoms with Crippen LogP contribution in [0.25, 0.3) is 0 Å². The van der Waals surface area contributed by atoms with Crippen LogP contribution in [-0.2, 0) is 4.74 Å². The molecule has 1 atom stereocenters. The molecule has 2 rings (SSSR count). The van der Waals surface area contributed by atoms with Crippen molar-refractivity contribution in [2.75, 3.05) is 34.5 Å². The van der Waals surface area contributed by atoms with E-state index in [1.54, 1.807) is 21.3 Å². The molecule has 1 saturated heterocycles. The number of methoxy groups -OCH3 is 3. The number of hydrogen-bond acceptors (Lipinski definition) is 5. The van der Waals surface area contributed by atoms with Gasteiger partial charge in [-0.3, -0.25) is 0 Å². The minimum atomic E-state index is -0.130. The maximum Gasteiger partial charge on any atom is 0.131 e. The van der Waals surface area contributed by atoms with E-state index in [2.05, 4.69) is 0 Å². The van der Waals surface area contributed by atoms with Crippen molar-refractivity contribution in [2.24, 2.45) is 11.7 Å². The molecule has 1 fully saturated rings. The lowest BCUT2D eigenvalue weighted by atomic mass is 9.87. The van der Waals surface area contributed by atoms with E-state index < -0.39 is 0 Å². The van der Waals surface area contributed by atoms with Crippen molar-refractivity contribution in [2.45, 2.75) is 18.9 Å². The van der Waals surface area contributed by atoms with E-state index in [1.807, 2.05) is 12.1 Å². The number of ether oxygens (including phenoxy) is 4. The SMILES string of the molecule is COc1cc(OC)c(C(N)C2CCOCC2)c(OC)c1. The van der Waals surface area contributed by atoms with Crippen molar-refractivity contribution in [3.05, 3.63) is 17.7 Å². The van der Waals surface area contributed by atoms with Crippen LogP contribution in [-0.4, -0.2) is 34.5 Å². The van der Waals surface area contributed by atoms with Gasteiger partial charge in [-0.2, -0.15) is 0 Å². The number of rotatable bonds is 5. The van der Waals surface area contributed by atoms with Crippen molar-refractivity contribution in [3.63, 3.8) is 0 Å². The van der Waals surface area contributed by atoms with Gasteiger partial charge in [0.05, 0.1) is 26.9 Å². The Bertz CT molecular complexity index is 418. The van der Waals surface area contributed by atoms with Gasteiger partial charge in [-0.25, -0.2) is 0 Å². The molecular formula is C15H23NO4. The monoisotopic (exact) mass is 281 g/mol.